The minimum Gasteiger partial charge on any atom is -0.466 e. The quantitative estimate of drug-likeness (QED) is 0.0269. The van der Waals surface area contributed by atoms with Gasteiger partial charge in [0, 0.05) is 58.4 Å². The third kappa shape index (κ3) is 62.1. The van der Waals surface area contributed by atoms with Crippen molar-refractivity contribution >= 4 is 23.9 Å². The summed E-state index contributed by atoms with van der Waals surface area (Å²) in [6, 6.07) is 0. The van der Waals surface area contributed by atoms with E-state index < -0.39 is 0 Å². The van der Waals surface area contributed by atoms with Crippen LogP contribution in [-0.2, 0) is 38.1 Å². The van der Waals surface area contributed by atoms with Crippen LogP contribution < -0.4 is 0 Å². The molecule has 0 fully saturated rings. The van der Waals surface area contributed by atoms with Crippen molar-refractivity contribution in [2.24, 2.45) is 23.7 Å². The van der Waals surface area contributed by atoms with Crippen molar-refractivity contribution in [3.8, 4) is 0 Å². The molecule has 0 bridgehead atoms. The lowest BCUT2D eigenvalue weighted by Gasteiger charge is -2.30. The number of carbonyl (C=O) groups is 4. The van der Waals surface area contributed by atoms with Gasteiger partial charge in [-0.2, -0.15) is 0 Å². The van der Waals surface area contributed by atoms with E-state index in [-0.39, 0.29) is 30.5 Å². The molecule has 0 saturated heterocycles. The van der Waals surface area contributed by atoms with E-state index >= 15 is 0 Å². The van der Waals surface area contributed by atoms with Gasteiger partial charge in [-0.1, -0.05) is 151 Å². The van der Waals surface area contributed by atoms with Crippen LogP contribution in [0.15, 0.2) is 46.6 Å². The Morgan fingerprint density at radius 1 is 0.289 bits per heavy atom. The van der Waals surface area contributed by atoms with Gasteiger partial charge in [0.1, 0.15) is 0 Å². The first-order valence-corrected chi connectivity index (χ1v) is 37.2. The zero-order valence-corrected chi connectivity index (χ0v) is 61.0. The van der Waals surface area contributed by atoms with Gasteiger partial charge in [-0.25, -0.2) is 0 Å². The molecule has 0 amide bonds. The third-order valence-electron chi connectivity index (χ3n) is 17.6. The number of unbranched alkanes of at least 4 members (excludes halogenated alkanes) is 16. The molecule has 0 aromatic carbocycles. The first kappa shape index (κ1) is 86.7. The van der Waals surface area contributed by atoms with Gasteiger partial charge in [-0.15, -0.1) is 0 Å². The summed E-state index contributed by atoms with van der Waals surface area (Å²) in [5.41, 5.74) is 5.42. The Hall–Kier alpha value is -3.32. The highest BCUT2D eigenvalue weighted by Crippen LogP contribution is 2.19. The molecule has 4 unspecified atom stereocenters. The van der Waals surface area contributed by atoms with Crippen molar-refractivity contribution in [2.75, 3.05) is 91.9 Å². The topological polar surface area (TPSA) is 135 Å². The molecule has 0 rings (SSSR count). The molecule has 0 aromatic rings. The molecule has 0 spiro atoms. The van der Waals surface area contributed by atoms with Gasteiger partial charge in [0.15, 0.2) is 0 Å². The zero-order chi connectivity index (χ0) is 66.7. The number of nitrogens with zero attached hydrogens (tertiary/aromatic N) is 3. The summed E-state index contributed by atoms with van der Waals surface area (Å²) in [5.74, 6) is 1.95. The molecule has 4 atom stereocenters. The van der Waals surface area contributed by atoms with Crippen LogP contribution in [0.5, 0.6) is 0 Å². The van der Waals surface area contributed by atoms with Crippen LogP contribution >= 0.6 is 0 Å². The van der Waals surface area contributed by atoms with Gasteiger partial charge < -0.3 is 33.9 Å². The van der Waals surface area contributed by atoms with Crippen LogP contribution in [0.1, 0.15) is 314 Å². The lowest BCUT2D eigenvalue weighted by Crippen LogP contribution is -2.42. The number of aliphatic hydroxyl groups excluding tert-OH is 1. The third-order valence-corrected chi connectivity index (χ3v) is 17.6. The highest BCUT2D eigenvalue weighted by Gasteiger charge is 2.15. The predicted molar refractivity (Wildman–Crippen MR) is 381 cm³/mol. The molecule has 0 aliphatic carbocycles. The maximum Gasteiger partial charge on any atom is 0.305 e. The van der Waals surface area contributed by atoms with Gasteiger partial charge >= 0.3 is 23.9 Å². The normalized spacial score (nSPS) is 12.8. The van der Waals surface area contributed by atoms with E-state index in [4.69, 9.17) is 18.9 Å². The van der Waals surface area contributed by atoms with Crippen molar-refractivity contribution in [3.63, 3.8) is 0 Å². The molecular weight excluding hydrogens is 1120 g/mol. The zero-order valence-electron chi connectivity index (χ0n) is 61.0. The molecule has 0 radical (unpaired) electrons. The lowest BCUT2D eigenvalue weighted by atomic mass is 10.0. The number of aliphatic hydroxyl groups is 1. The van der Waals surface area contributed by atoms with Crippen LogP contribution in [0.4, 0.5) is 0 Å². The van der Waals surface area contributed by atoms with E-state index in [2.05, 4.69) is 122 Å². The minimum absolute atomic E-state index is 0.0614. The van der Waals surface area contributed by atoms with Crippen LogP contribution in [0.3, 0.4) is 0 Å². The number of hydrogen-bond donors (Lipinski definition) is 1. The summed E-state index contributed by atoms with van der Waals surface area (Å²) < 4.78 is 22.4. The van der Waals surface area contributed by atoms with Crippen LogP contribution in [0, 0.1) is 23.7 Å². The molecule has 0 aliphatic heterocycles. The number of hydrogen-bond acceptors (Lipinski definition) is 12. The summed E-state index contributed by atoms with van der Waals surface area (Å²) in [4.78, 5) is 57.8. The molecule has 0 aromatic heterocycles. The van der Waals surface area contributed by atoms with Crippen LogP contribution in [0.2, 0.25) is 0 Å². The van der Waals surface area contributed by atoms with Crippen LogP contribution in [0.25, 0.3) is 0 Å². The van der Waals surface area contributed by atoms with Gasteiger partial charge in [0.05, 0.1) is 33.0 Å². The van der Waals surface area contributed by atoms with Gasteiger partial charge in [0.25, 0.3) is 0 Å². The summed E-state index contributed by atoms with van der Waals surface area (Å²) in [5, 5.41) is 10.3. The fourth-order valence-electron chi connectivity index (χ4n) is 11.2. The summed E-state index contributed by atoms with van der Waals surface area (Å²) in [7, 11) is 0. The Kier molecular flexibility index (Phi) is 59.6. The van der Waals surface area contributed by atoms with Gasteiger partial charge in [-0.05, 0) is 234 Å². The van der Waals surface area contributed by atoms with E-state index in [1.807, 2.05) is 0 Å². The number of carbonyl (C=O) groups excluding carboxylic acids is 4. The summed E-state index contributed by atoms with van der Waals surface area (Å²) in [6.45, 7) is 36.9. The molecule has 1 N–H and O–H groups in total. The van der Waals surface area contributed by atoms with E-state index in [0.29, 0.717) is 82.3 Å². The highest BCUT2D eigenvalue weighted by molar-refractivity contribution is 5.70. The van der Waals surface area contributed by atoms with Crippen molar-refractivity contribution in [1.29, 1.82) is 0 Å². The molecule has 0 aliphatic rings. The first-order valence-electron chi connectivity index (χ1n) is 37.2. The molecule has 526 valence electrons. The molecule has 12 heteroatoms. The molecule has 0 saturated carbocycles. The van der Waals surface area contributed by atoms with Crippen molar-refractivity contribution < 1.29 is 43.2 Å². The van der Waals surface area contributed by atoms with Crippen molar-refractivity contribution in [3.05, 3.63) is 46.6 Å². The Bertz CT molecular complexity index is 1600. The first-order chi connectivity index (χ1) is 43.3. The Balaban J connectivity index is 5.44. The number of esters is 4. The smallest absolute Gasteiger partial charge is 0.305 e. The van der Waals surface area contributed by atoms with Crippen molar-refractivity contribution in [1.82, 2.24) is 14.7 Å². The average Bonchev–Trinajstić information content (AvgIpc) is 3.70. The molecular formula is C78H145N3O9. The standard InChI is InChI=1S/C78H145N3O9/c1-67(2)37-33-41-71(9)49-63-87-75(83)45-25-17-13-21-29-53-79(54-30-22-14-18-26-46-76(84)88-64-50-72(10)42-34-38-68(3)4)57-59-81(61-62-82)60-58-80(55-31-23-15-19-27-47-77(85)89-65-51-73(11)43-35-39-69(5)6)56-32-24-16-20-28-48-78(86)90-66-52-74(12)44-36-40-70(7)8/h37-40,71-74,82H,13-36,41-66H2,1-12H3. The summed E-state index contributed by atoms with van der Waals surface area (Å²) in [6.07, 6.45) is 44.9. The minimum atomic E-state index is -0.0614. The van der Waals surface area contributed by atoms with E-state index in [9.17, 15) is 24.3 Å². The van der Waals surface area contributed by atoms with Crippen LogP contribution in [-0.4, -0.2) is 136 Å². The molecule has 0 heterocycles. The summed E-state index contributed by atoms with van der Waals surface area (Å²) >= 11 is 0. The van der Waals surface area contributed by atoms with E-state index in [1.165, 1.54) is 22.3 Å². The Morgan fingerprint density at radius 3 is 0.700 bits per heavy atom. The predicted octanol–water partition coefficient (Wildman–Crippen LogP) is 19.5. The van der Waals surface area contributed by atoms with Crippen molar-refractivity contribution in [2.45, 2.75) is 314 Å². The molecule has 90 heavy (non-hydrogen) atoms. The second kappa shape index (κ2) is 61.8. The Labute approximate surface area is 555 Å². The maximum absolute atomic E-state index is 12.5. The number of ether oxygens (including phenoxy) is 4. The lowest BCUT2D eigenvalue weighted by molar-refractivity contribution is -0.145. The maximum atomic E-state index is 12.5. The number of allylic oxidation sites excluding steroid dienone is 8. The van der Waals surface area contributed by atoms with Gasteiger partial charge in [-0.3, -0.25) is 24.1 Å². The van der Waals surface area contributed by atoms with E-state index in [1.54, 1.807) is 0 Å². The second-order valence-electron chi connectivity index (χ2n) is 28.2. The van der Waals surface area contributed by atoms with Gasteiger partial charge in [0.2, 0.25) is 0 Å². The largest absolute Gasteiger partial charge is 0.466 e. The monoisotopic (exact) mass is 1270 g/mol. The fourth-order valence-corrected chi connectivity index (χ4v) is 11.2. The van der Waals surface area contributed by atoms with E-state index in [0.717, 1.165) is 258 Å². The number of rotatable bonds is 64. The molecule has 12 nitrogen and oxygen atoms in total. The SMILES string of the molecule is CC(C)=CCCC(C)CCOC(=O)CCCCCCCN(CCCCCCCC(=O)OCCC(C)CCC=C(C)C)CCN(CCO)CCN(CCCCCCCC(=O)OCCC(C)CCC=C(C)C)CCCCCCCC(=O)OCCC(C)CCC=C(C)C. The highest BCUT2D eigenvalue weighted by atomic mass is 16.5. The Morgan fingerprint density at radius 2 is 0.489 bits per heavy atom. The second-order valence-corrected chi connectivity index (χ2v) is 28.2. The fraction of sp³-hybridized carbons (Fsp3) is 0.846. The average molecular weight is 1270 g/mol.